The summed E-state index contributed by atoms with van der Waals surface area (Å²) in [4.78, 5) is 40.2. The Bertz CT molecular complexity index is 1130. The van der Waals surface area contributed by atoms with Crippen molar-refractivity contribution in [3.05, 3.63) is 65.2 Å². The van der Waals surface area contributed by atoms with E-state index in [1.54, 1.807) is 4.90 Å². The van der Waals surface area contributed by atoms with Gasteiger partial charge in [0.05, 0.1) is 5.56 Å². The number of amides is 3. The maximum absolute atomic E-state index is 13.0. The fraction of sp³-hybridized carbons (Fsp3) is 0.400. The average molecular weight is 505 g/mol. The van der Waals surface area contributed by atoms with Crippen LogP contribution in [0.25, 0.3) is 0 Å². The third-order valence-electron chi connectivity index (χ3n) is 6.50. The lowest BCUT2D eigenvalue weighted by molar-refractivity contribution is -0.147. The Hall–Kier alpha value is -3.76. The summed E-state index contributed by atoms with van der Waals surface area (Å²) < 4.78 is 44.0. The van der Waals surface area contributed by atoms with E-state index in [2.05, 4.69) is 5.32 Å². The zero-order valence-corrected chi connectivity index (χ0v) is 19.3. The molecular weight excluding hydrogens is 479 g/mol. The predicted molar refractivity (Wildman–Crippen MR) is 124 cm³/mol. The molecule has 2 aliphatic heterocycles. The highest BCUT2D eigenvalue weighted by Crippen LogP contribution is 2.30. The smallest absolute Gasteiger partial charge is 0.416 e. The van der Waals surface area contributed by atoms with Gasteiger partial charge in [-0.1, -0.05) is 36.4 Å². The normalized spacial score (nSPS) is 17.6. The van der Waals surface area contributed by atoms with E-state index < -0.39 is 36.3 Å². The summed E-state index contributed by atoms with van der Waals surface area (Å²) in [5, 5.41) is 12.4. The molecule has 1 saturated heterocycles. The van der Waals surface area contributed by atoms with Crippen molar-refractivity contribution < 1.29 is 37.4 Å². The molecule has 4 rings (SSSR count). The highest BCUT2D eigenvalue weighted by Gasteiger charge is 2.34. The Kier molecular flexibility index (Phi) is 7.37. The van der Waals surface area contributed by atoms with E-state index >= 15 is 0 Å². The number of carboxylic acids is 1. The number of halogens is 3. The lowest BCUT2D eigenvalue weighted by Gasteiger charge is -2.37. The number of carbonyl (C=O) groups excluding carboxylic acids is 2. The topological polar surface area (TPSA) is 99.2 Å². The number of urea groups is 1. The van der Waals surface area contributed by atoms with Gasteiger partial charge in [0.15, 0.2) is 0 Å². The van der Waals surface area contributed by atoms with Gasteiger partial charge in [-0.05, 0) is 42.5 Å². The number of nitrogens with zero attached hydrogens (tertiary/aromatic N) is 2. The zero-order valence-electron chi connectivity index (χ0n) is 19.3. The molecule has 192 valence electrons. The first kappa shape index (κ1) is 25.3. The van der Waals surface area contributed by atoms with Crippen molar-refractivity contribution >= 4 is 23.8 Å². The number of nitrogens with one attached hydrogen (secondary N) is 1. The highest BCUT2D eigenvalue weighted by atomic mass is 19.4. The van der Waals surface area contributed by atoms with Crippen LogP contribution >= 0.6 is 0 Å². The molecule has 0 spiro atoms. The zero-order chi connectivity index (χ0) is 25.9. The molecule has 2 heterocycles. The Morgan fingerprint density at radius 1 is 1.08 bits per heavy atom. The van der Waals surface area contributed by atoms with Crippen LogP contribution in [0.4, 0.5) is 28.4 Å². The van der Waals surface area contributed by atoms with Crippen LogP contribution in [-0.2, 0) is 28.5 Å². The molecule has 2 aromatic carbocycles. The van der Waals surface area contributed by atoms with Gasteiger partial charge in [0.2, 0.25) is 6.10 Å². The summed E-state index contributed by atoms with van der Waals surface area (Å²) in [5.74, 6) is -1.45. The van der Waals surface area contributed by atoms with Gasteiger partial charge < -0.3 is 25.0 Å². The Balaban J connectivity index is 1.33. The van der Waals surface area contributed by atoms with Gasteiger partial charge in [0.25, 0.3) is 0 Å². The molecule has 0 aromatic heterocycles. The molecule has 2 aliphatic rings. The van der Waals surface area contributed by atoms with Gasteiger partial charge in [0, 0.05) is 37.8 Å². The SMILES string of the molecule is O=C(O)[C@H](Cc1cccc(C(F)(F)F)c1)OC(=O)N1CCC(N2CCc3ccccc3NC2=O)CC1. The number of benzene rings is 2. The number of hydrogen-bond donors (Lipinski definition) is 2. The third kappa shape index (κ3) is 5.89. The molecule has 0 unspecified atom stereocenters. The number of piperidine rings is 1. The van der Waals surface area contributed by atoms with Crippen molar-refractivity contribution in [1.29, 1.82) is 0 Å². The Labute approximate surface area is 205 Å². The molecule has 1 atom stereocenters. The Morgan fingerprint density at radius 2 is 1.81 bits per heavy atom. The van der Waals surface area contributed by atoms with E-state index in [0.29, 0.717) is 25.8 Å². The molecule has 2 N–H and O–H groups in total. The summed E-state index contributed by atoms with van der Waals surface area (Å²) in [6, 6.07) is 11.6. The number of para-hydroxylation sites is 1. The molecule has 0 radical (unpaired) electrons. The van der Waals surface area contributed by atoms with E-state index in [9.17, 15) is 32.7 Å². The Morgan fingerprint density at radius 3 is 2.50 bits per heavy atom. The first-order valence-corrected chi connectivity index (χ1v) is 11.6. The number of fused-ring (bicyclic) bond motifs is 1. The number of alkyl halides is 3. The van der Waals surface area contributed by atoms with Gasteiger partial charge in [-0.15, -0.1) is 0 Å². The molecule has 1 fully saturated rings. The predicted octanol–water partition coefficient (Wildman–Crippen LogP) is 4.39. The quantitative estimate of drug-likeness (QED) is 0.628. The summed E-state index contributed by atoms with van der Waals surface area (Å²) in [6.45, 7) is 1.06. The maximum atomic E-state index is 13.0. The van der Waals surface area contributed by atoms with Gasteiger partial charge in [0.1, 0.15) is 0 Å². The van der Waals surface area contributed by atoms with Crippen LogP contribution in [0.5, 0.6) is 0 Å². The first-order valence-electron chi connectivity index (χ1n) is 11.6. The second-order valence-corrected chi connectivity index (χ2v) is 8.86. The molecule has 36 heavy (non-hydrogen) atoms. The van der Waals surface area contributed by atoms with Gasteiger partial charge in [-0.25, -0.2) is 14.4 Å². The average Bonchev–Trinajstić information content (AvgIpc) is 3.01. The summed E-state index contributed by atoms with van der Waals surface area (Å²) >= 11 is 0. The van der Waals surface area contributed by atoms with Crippen LogP contribution in [-0.4, -0.2) is 64.8 Å². The largest absolute Gasteiger partial charge is 0.478 e. The van der Waals surface area contributed by atoms with Crippen LogP contribution in [0.2, 0.25) is 0 Å². The number of rotatable bonds is 5. The van der Waals surface area contributed by atoms with Gasteiger partial charge in [-0.2, -0.15) is 13.2 Å². The summed E-state index contributed by atoms with van der Waals surface area (Å²) in [7, 11) is 0. The molecule has 11 heteroatoms. The van der Waals surface area contributed by atoms with Crippen LogP contribution in [0.1, 0.15) is 29.5 Å². The minimum atomic E-state index is -4.57. The monoisotopic (exact) mass is 505 g/mol. The number of anilines is 1. The lowest BCUT2D eigenvalue weighted by atomic mass is 10.0. The van der Waals surface area contributed by atoms with E-state index in [-0.39, 0.29) is 30.7 Å². The van der Waals surface area contributed by atoms with Crippen molar-refractivity contribution in [3.8, 4) is 0 Å². The lowest BCUT2D eigenvalue weighted by Crippen LogP contribution is -2.50. The minimum absolute atomic E-state index is 0.0938. The van der Waals surface area contributed by atoms with E-state index in [1.807, 2.05) is 24.3 Å². The number of carbonyl (C=O) groups is 3. The van der Waals surface area contributed by atoms with Crippen LogP contribution in [0.3, 0.4) is 0 Å². The number of ether oxygens (including phenoxy) is 1. The second-order valence-electron chi connectivity index (χ2n) is 8.86. The molecule has 3 amide bonds. The molecular formula is C25H26F3N3O5. The van der Waals surface area contributed by atoms with Gasteiger partial charge in [-0.3, -0.25) is 0 Å². The van der Waals surface area contributed by atoms with Crippen molar-refractivity contribution in [2.24, 2.45) is 0 Å². The van der Waals surface area contributed by atoms with E-state index in [4.69, 9.17) is 4.74 Å². The summed E-state index contributed by atoms with van der Waals surface area (Å²) in [5.41, 5.74) is 1.02. The number of likely N-dealkylation sites (tertiary alicyclic amines) is 1. The van der Waals surface area contributed by atoms with E-state index in [1.165, 1.54) is 17.0 Å². The van der Waals surface area contributed by atoms with Crippen LogP contribution < -0.4 is 5.32 Å². The highest BCUT2D eigenvalue weighted by molar-refractivity contribution is 5.91. The third-order valence-corrected chi connectivity index (χ3v) is 6.50. The molecule has 0 aliphatic carbocycles. The van der Waals surface area contributed by atoms with Crippen molar-refractivity contribution in [1.82, 2.24) is 9.80 Å². The van der Waals surface area contributed by atoms with E-state index in [0.717, 1.165) is 23.4 Å². The van der Waals surface area contributed by atoms with Crippen molar-refractivity contribution in [3.63, 3.8) is 0 Å². The molecule has 2 aromatic rings. The fourth-order valence-corrected chi connectivity index (χ4v) is 4.56. The van der Waals surface area contributed by atoms with Crippen LogP contribution in [0, 0.1) is 0 Å². The second kappa shape index (κ2) is 10.5. The standard InChI is InChI=1S/C25H26F3N3O5/c26-25(27,28)18-6-3-4-16(14-18)15-21(22(32)33)36-24(35)30-11-9-19(10-12-30)31-13-8-17-5-1-2-7-20(17)29-23(31)34/h1-7,14,19,21H,8-13,15H2,(H,29,34)(H,32,33)/t21-/m0/s1. The van der Waals surface area contributed by atoms with Gasteiger partial charge >= 0.3 is 24.3 Å². The van der Waals surface area contributed by atoms with Crippen LogP contribution in [0.15, 0.2) is 48.5 Å². The molecule has 8 nitrogen and oxygen atoms in total. The number of carboxylic acid groups (broad SMARTS) is 1. The summed E-state index contributed by atoms with van der Waals surface area (Å²) in [6.07, 6.45) is -5.76. The van der Waals surface area contributed by atoms with Crippen molar-refractivity contribution in [2.75, 3.05) is 25.0 Å². The maximum Gasteiger partial charge on any atom is 0.416 e. The fourth-order valence-electron chi connectivity index (χ4n) is 4.56. The minimum Gasteiger partial charge on any atom is -0.478 e. The van der Waals surface area contributed by atoms with Crippen molar-refractivity contribution in [2.45, 2.75) is 44.0 Å². The number of hydrogen-bond acceptors (Lipinski definition) is 4. The first-order chi connectivity index (χ1) is 17.1. The molecule has 0 saturated carbocycles. The molecule has 0 bridgehead atoms. The number of aliphatic carboxylic acids is 1.